The van der Waals surface area contributed by atoms with Gasteiger partial charge in [0, 0.05) is 34.3 Å². The van der Waals surface area contributed by atoms with Gasteiger partial charge in [-0.15, -0.1) is 0 Å². The van der Waals surface area contributed by atoms with Crippen LogP contribution in [0.5, 0.6) is 0 Å². The number of rotatable bonds is 6. The lowest BCUT2D eigenvalue weighted by molar-refractivity contribution is 0.319. The Balaban J connectivity index is 1.51. The second-order valence-electron chi connectivity index (χ2n) is 7.72. The smallest absolute Gasteiger partial charge is 0.261 e. The molecule has 0 aliphatic heterocycles. The number of aryl methyl sites for hydroxylation is 1. The number of fused-ring (bicyclic) bond motifs is 1. The SMILES string of the molecule is Cc1cc(-n2ccnc2)cc2[nH]c(-c3c(NC/C(=N\O)c4cccc(Br)c4)cc[nH]c3=O)nc12. The molecule has 5 rings (SSSR count). The van der Waals surface area contributed by atoms with E-state index in [0.717, 1.165) is 32.3 Å². The first-order valence-electron chi connectivity index (χ1n) is 10.4. The lowest BCUT2D eigenvalue weighted by Gasteiger charge is -2.11. The second kappa shape index (κ2) is 8.99. The molecule has 3 heterocycles. The summed E-state index contributed by atoms with van der Waals surface area (Å²) in [6.45, 7) is 2.18. The van der Waals surface area contributed by atoms with Gasteiger partial charge in [0.05, 0.1) is 29.6 Å². The maximum atomic E-state index is 12.8. The van der Waals surface area contributed by atoms with Crippen LogP contribution in [-0.4, -0.2) is 42.0 Å². The van der Waals surface area contributed by atoms with Gasteiger partial charge in [-0.3, -0.25) is 4.79 Å². The van der Waals surface area contributed by atoms with Gasteiger partial charge in [-0.1, -0.05) is 33.2 Å². The average molecular weight is 518 g/mol. The fourth-order valence-corrected chi connectivity index (χ4v) is 4.25. The van der Waals surface area contributed by atoms with Crippen LogP contribution >= 0.6 is 15.9 Å². The zero-order valence-electron chi connectivity index (χ0n) is 18.1. The molecular weight excluding hydrogens is 498 g/mol. The maximum absolute atomic E-state index is 12.8. The summed E-state index contributed by atoms with van der Waals surface area (Å²) in [6, 6.07) is 13.2. The summed E-state index contributed by atoms with van der Waals surface area (Å²) in [6.07, 6.45) is 6.88. The third-order valence-electron chi connectivity index (χ3n) is 5.49. The van der Waals surface area contributed by atoms with Crippen molar-refractivity contribution in [1.82, 2.24) is 24.5 Å². The van der Waals surface area contributed by atoms with Crippen molar-refractivity contribution in [3.05, 3.63) is 93.3 Å². The number of aromatic amines is 2. The number of benzene rings is 2. The summed E-state index contributed by atoms with van der Waals surface area (Å²) in [4.78, 5) is 27.7. The van der Waals surface area contributed by atoms with Gasteiger partial charge in [0.15, 0.2) is 0 Å². The van der Waals surface area contributed by atoms with E-state index in [-0.39, 0.29) is 12.1 Å². The zero-order chi connectivity index (χ0) is 23.7. The van der Waals surface area contributed by atoms with E-state index < -0.39 is 0 Å². The second-order valence-corrected chi connectivity index (χ2v) is 8.64. The van der Waals surface area contributed by atoms with Gasteiger partial charge in [-0.2, -0.15) is 0 Å². The number of nitrogens with zero attached hydrogens (tertiary/aromatic N) is 4. The molecule has 0 spiro atoms. The average Bonchev–Trinajstić information content (AvgIpc) is 3.50. The Hall–Kier alpha value is -4.18. The van der Waals surface area contributed by atoms with E-state index >= 15 is 0 Å². The Labute approximate surface area is 202 Å². The Morgan fingerprint density at radius 2 is 2.15 bits per heavy atom. The molecule has 0 aliphatic rings. The van der Waals surface area contributed by atoms with E-state index in [1.807, 2.05) is 54.1 Å². The summed E-state index contributed by atoms with van der Waals surface area (Å²) >= 11 is 3.43. The molecule has 170 valence electrons. The summed E-state index contributed by atoms with van der Waals surface area (Å²) in [5, 5.41) is 16.2. The van der Waals surface area contributed by atoms with Crippen molar-refractivity contribution in [3.8, 4) is 17.1 Å². The standard InChI is InChI=1S/C24H20BrN7O2/c1-14-9-17(32-8-7-26-13-32)11-19-22(14)30-23(29-19)21-18(5-6-27-24(21)33)28-12-20(31-34)15-3-2-4-16(25)10-15/h2-11,13,34H,12H2,1H3,(H,29,30)(H2,27,28,33)/b31-20+. The predicted molar refractivity (Wildman–Crippen MR) is 135 cm³/mol. The highest BCUT2D eigenvalue weighted by atomic mass is 79.9. The highest BCUT2D eigenvalue weighted by Crippen LogP contribution is 2.27. The highest BCUT2D eigenvalue weighted by Gasteiger charge is 2.17. The maximum Gasteiger partial charge on any atom is 0.261 e. The Kier molecular flexibility index (Phi) is 5.72. The minimum atomic E-state index is -0.290. The monoisotopic (exact) mass is 517 g/mol. The molecule has 0 bridgehead atoms. The first kappa shape index (κ1) is 21.7. The molecule has 0 fully saturated rings. The summed E-state index contributed by atoms with van der Waals surface area (Å²) in [5.41, 5.74) is 5.31. The third-order valence-corrected chi connectivity index (χ3v) is 5.98. The van der Waals surface area contributed by atoms with E-state index in [0.29, 0.717) is 22.8 Å². The summed E-state index contributed by atoms with van der Waals surface area (Å²) < 4.78 is 2.78. The van der Waals surface area contributed by atoms with Gasteiger partial charge in [0.1, 0.15) is 17.1 Å². The molecule has 0 atom stereocenters. The van der Waals surface area contributed by atoms with E-state index in [9.17, 15) is 10.0 Å². The third kappa shape index (κ3) is 4.11. The van der Waals surface area contributed by atoms with Crippen molar-refractivity contribution >= 4 is 38.4 Å². The van der Waals surface area contributed by atoms with Crippen molar-refractivity contribution in [2.24, 2.45) is 5.16 Å². The number of imidazole rings is 2. The van der Waals surface area contributed by atoms with Crippen molar-refractivity contribution in [3.63, 3.8) is 0 Å². The van der Waals surface area contributed by atoms with Crippen molar-refractivity contribution in [2.45, 2.75) is 6.92 Å². The highest BCUT2D eigenvalue weighted by molar-refractivity contribution is 9.10. The molecule has 4 N–H and O–H groups in total. The van der Waals surface area contributed by atoms with Gasteiger partial charge in [0.2, 0.25) is 0 Å². The quantitative estimate of drug-likeness (QED) is 0.150. The molecule has 0 amide bonds. The van der Waals surface area contributed by atoms with Crippen molar-refractivity contribution in [1.29, 1.82) is 0 Å². The predicted octanol–water partition coefficient (Wildman–Crippen LogP) is 4.47. The molecule has 0 saturated heterocycles. The molecule has 3 aromatic heterocycles. The fraction of sp³-hybridized carbons (Fsp3) is 0.0833. The van der Waals surface area contributed by atoms with Crippen LogP contribution in [0.15, 0.2) is 81.8 Å². The topological polar surface area (TPSA) is 124 Å². The summed E-state index contributed by atoms with van der Waals surface area (Å²) in [5.74, 6) is 0.440. The van der Waals surface area contributed by atoms with Crippen LogP contribution in [0, 0.1) is 6.92 Å². The van der Waals surface area contributed by atoms with Crippen LogP contribution in [0.1, 0.15) is 11.1 Å². The lowest BCUT2D eigenvalue weighted by Crippen LogP contribution is -2.19. The van der Waals surface area contributed by atoms with Crippen LogP contribution < -0.4 is 10.9 Å². The molecule has 0 unspecified atom stereocenters. The van der Waals surface area contributed by atoms with Crippen molar-refractivity contribution < 1.29 is 5.21 Å². The van der Waals surface area contributed by atoms with Crippen LogP contribution in [0.2, 0.25) is 0 Å². The molecule has 0 saturated carbocycles. The van der Waals surface area contributed by atoms with Crippen LogP contribution in [-0.2, 0) is 0 Å². The van der Waals surface area contributed by atoms with E-state index in [4.69, 9.17) is 4.98 Å². The van der Waals surface area contributed by atoms with E-state index in [1.54, 1.807) is 24.8 Å². The van der Waals surface area contributed by atoms with Crippen molar-refractivity contribution in [2.75, 3.05) is 11.9 Å². The number of aromatic nitrogens is 5. The van der Waals surface area contributed by atoms with Crippen LogP contribution in [0.3, 0.4) is 0 Å². The number of pyridine rings is 1. The van der Waals surface area contributed by atoms with Crippen LogP contribution in [0.25, 0.3) is 28.1 Å². The molecular formula is C24H20BrN7O2. The number of oxime groups is 1. The molecule has 2 aromatic carbocycles. The molecule has 5 aromatic rings. The number of H-pyrrole nitrogens is 2. The largest absolute Gasteiger partial charge is 0.411 e. The van der Waals surface area contributed by atoms with Gasteiger partial charge < -0.3 is 25.1 Å². The summed E-state index contributed by atoms with van der Waals surface area (Å²) in [7, 11) is 0. The normalized spacial score (nSPS) is 11.8. The Morgan fingerprint density at radius 3 is 2.91 bits per heavy atom. The minimum absolute atomic E-state index is 0.202. The Bertz CT molecular complexity index is 1570. The first-order valence-corrected chi connectivity index (χ1v) is 11.2. The van der Waals surface area contributed by atoms with E-state index in [2.05, 4.69) is 41.4 Å². The molecule has 10 heteroatoms. The zero-order valence-corrected chi connectivity index (χ0v) is 19.7. The van der Waals surface area contributed by atoms with Gasteiger partial charge >= 0.3 is 0 Å². The number of anilines is 1. The lowest BCUT2D eigenvalue weighted by atomic mass is 10.1. The molecule has 0 aliphatic carbocycles. The Morgan fingerprint density at radius 1 is 1.26 bits per heavy atom. The van der Waals surface area contributed by atoms with E-state index in [1.165, 1.54) is 0 Å². The molecule has 34 heavy (non-hydrogen) atoms. The van der Waals surface area contributed by atoms with Gasteiger partial charge in [-0.25, -0.2) is 9.97 Å². The number of hydrogen-bond donors (Lipinski definition) is 4. The molecule has 0 radical (unpaired) electrons. The fourth-order valence-electron chi connectivity index (χ4n) is 3.85. The minimum Gasteiger partial charge on any atom is -0.411 e. The van der Waals surface area contributed by atoms with Crippen LogP contribution in [0.4, 0.5) is 5.69 Å². The first-order chi connectivity index (χ1) is 16.5. The van der Waals surface area contributed by atoms with Gasteiger partial charge in [0.25, 0.3) is 5.56 Å². The number of halogens is 1. The number of nitrogens with one attached hydrogen (secondary N) is 3. The molecule has 9 nitrogen and oxygen atoms in total. The number of hydrogen-bond acceptors (Lipinski definition) is 6. The van der Waals surface area contributed by atoms with Gasteiger partial charge in [-0.05, 0) is 42.8 Å².